The van der Waals surface area contributed by atoms with Gasteiger partial charge in [0.2, 0.25) is 0 Å². The molecule has 4 nitrogen and oxygen atoms in total. The van der Waals surface area contributed by atoms with Crippen molar-refractivity contribution < 1.29 is 0 Å². The van der Waals surface area contributed by atoms with Gasteiger partial charge in [0.25, 0.3) is 0 Å². The second kappa shape index (κ2) is 4.14. The number of nitrogens with zero attached hydrogens (tertiary/aromatic N) is 2. The summed E-state index contributed by atoms with van der Waals surface area (Å²) in [5, 5.41) is 3.26. The molecule has 17 heavy (non-hydrogen) atoms. The first-order valence-electron chi connectivity index (χ1n) is 5.72. The molecule has 86 valence electrons. The second-order valence-electron chi connectivity index (χ2n) is 4.27. The number of hydrogen-bond acceptors (Lipinski definition) is 4. The number of hydrogen-bond donors (Lipinski definition) is 2. The monoisotopic (exact) mass is 226 g/mol. The van der Waals surface area contributed by atoms with Gasteiger partial charge in [-0.1, -0.05) is 12.1 Å². The highest BCUT2D eigenvalue weighted by Gasteiger charge is 2.24. The molecular weight excluding hydrogens is 212 g/mol. The maximum Gasteiger partial charge on any atom is 0.0921 e. The molecule has 3 rings (SSSR count). The first kappa shape index (κ1) is 10.2. The molecule has 0 radical (unpaired) electrons. The van der Waals surface area contributed by atoms with E-state index in [1.54, 1.807) is 12.4 Å². The van der Waals surface area contributed by atoms with Gasteiger partial charge in [-0.3, -0.25) is 9.97 Å². The first-order chi connectivity index (χ1) is 8.34. The van der Waals surface area contributed by atoms with Crippen molar-refractivity contribution in [2.75, 3.05) is 18.8 Å². The number of nitrogen functional groups attached to an aromatic ring is 1. The zero-order chi connectivity index (χ0) is 11.7. The van der Waals surface area contributed by atoms with Crippen LogP contribution >= 0.6 is 0 Å². The number of nitrogens with one attached hydrogen (secondary N) is 1. The van der Waals surface area contributed by atoms with Crippen molar-refractivity contribution in [1.29, 1.82) is 0 Å². The predicted octanol–water partition coefficient (Wildman–Crippen LogP) is 1.41. The Bertz CT molecular complexity index is 517. The Hall–Kier alpha value is -1.94. The molecule has 1 aliphatic rings. The van der Waals surface area contributed by atoms with Gasteiger partial charge in [0.15, 0.2) is 0 Å². The highest BCUT2D eigenvalue weighted by molar-refractivity contribution is 5.64. The minimum atomic E-state index is 0.483. The van der Waals surface area contributed by atoms with Crippen LogP contribution in [0.25, 0.3) is 11.3 Å². The van der Waals surface area contributed by atoms with Gasteiger partial charge in [-0.25, -0.2) is 0 Å². The lowest BCUT2D eigenvalue weighted by Crippen LogP contribution is -2.40. The van der Waals surface area contributed by atoms with Crippen molar-refractivity contribution in [1.82, 2.24) is 15.3 Å². The summed E-state index contributed by atoms with van der Waals surface area (Å²) < 4.78 is 0. The van der Waals surface area contributed by atoms with E-state index in [0.717, 1.165) is 35.7 Å². The van der Waals surface area contributed by atoms with Gasteiger partial charge in [-0.05, 0) is 12.1 Å². The van der Waals surface area contributed by atoms with E-state index in [2.05, 4.69) is 15.3 Å². The fourth-order valence-corrected chi connectivity index (χ4v) is 1.99. The number of rotatable bonds is 2. The third-order valence-corrected chi connectivity index (χ3v) is 3.08. The quantitative estimate of drug-likeness (QED) is 0.760. The largest absolute Gasteiger partial charge is 0.399 e. The van der Waals surface area contributed by atoms with Gasteiger partial charge in [0, 0.05) is 42.7 Å². The topological polar surface area (TPSA) is 63.8 Å². The fraction of sp³-hybridized carbons (Fsp3) is 0.231. The van der Waals surface area contributed by atoms with Crippen molar-refractivity contribution in [3.63, 3.8) is 0 Å². The molecule has 0 saturated carbocycles. The predicted molar refractivity (Wildman–Crippen MR) is 67.5 cm³/mol. The zero-order valence-corrected chi connectivity index (χ0v) is 9.43. The molecule has 3 N–H and O–H groups in total. The summed E-state index contributed by atoms with van der Waals surface area (Å²) >= 11 is 0. The van der Waals surface area contributed by atoms with Crippen molar-refractivity contribution in [2.24, 2.45) is 0 Å². The Morgan fingerprint density at radius 2 is 1.76 bits per heavy atom. The van der Waals surface area contributed by atoms with Gasteiger partial charge < -0.3 is 11.1 Å². The van der Waals surface area contributed by atoms with Crippen LogP contribution in [0.2, 0.25) is 0 Å². The standard InChI is InChI=1S/C13H14N4/c14-11-3-1-9(2-4-11)12-13(10-7-15-8-10)17-6-5-16-12/h1-6,10,15H,7-8,14H2. The maximum atomic E-state index is 5.69. The molecule has 1 saturated heterocycles. The minimum absolute atomic E-state index is 0.483. The van der Waals surface area contributed by atoms with Gasteiger partial charge in [-0.2, -0.15) is 0 Å². The van der Waals surface area contributed by atoms with E-state index in [9.17, 15) is 0 Å². The molecule has 0 aliphatic carbocycles. The zero-order valence-electron chi connectivity index (χ0n) is 9.43. The SMILES string of the molecule is Nc1ccc(-c2nccnc2C2CNC2)cc1. The first-order valence-corrected chi connectivity index (χ1v) is 5.72. The van der Waals surface area contributed by atoms with Crippen LogP contribution in [0.5, 0.6) is 0 Å². The maximum absolute atomic E-state index is 5.69. The molecule has 0 spiro atoms. The van der Waals surface area contributed by atoms with Crippen LogP contribution in [-0.4, -0.2) is 23.1 Å². The summed E-state index contributed by atoms with van der Waals surface area (Å²) in [6.07, 6.45) is 3.50. The summed E-state index contributed by atoms with van der Waals surface area (Å²) in [5.74, 6) is 0.483. The van der Waals surface area contributed by atoms with Crippen molar-refractivity contribution in [2.45, 2.75) is 5.92 Å². The molecule has 0 amide bonds. The summed E-state index contributed by atoms with van der Waals surface area (Å²) in [5.41, 5.74) is 9.59. The molecule has 1 aromatic heterocycles. The Kier molecular flexibility index (Phi) is 2.49. The van der Waals surface area contributed by atoms with E-state index in [4.69, 9.17) is 5.73 Å². The third-order valence-electron chi connectivity index (χ3n) is 3.08. The average Bonchev–Trinajstić information content (AvgIpc) is 2.29. The molecule has 2 heterocycles. The van der Waals surface area contributed by atoms with Crippen LogP contribution < -0.4 is 11.1 Å². The van der Waals surface area contributed by atoms with E-state index >= 15 is 0 Å². The summed E-state index contributed by atoms with van der Waals surface area (Å²) in [6.45, 7) is 1.97. The molecule has 0 unspecified atom stereocenters. The molecule has 0 atom stereocenters. The smallest absolute Gasteiger partial charge is 0.0921 e. The summed E-state index contributed by atoms with van der Waals surface area (Å²) in [7, 11) is 0. The average molecular weight is 226 g/mol. The lowest BCUT2D eigenvalue weighted by atomic mass is 9.94. The highest BCUT2D eigenvalue weighted by atomic mass is 15.0. The molecular formula is C13H14N4. The Labute approximate surface area is 99.9 Å². The fourth-order valence-electron chi connectivity index (χ4n) is 1.99. The van der Waals surface area contributed by atoms with Crippen LogP contribution in [0, 0.1) is 0 Å². The van der Waals surface area contributed by atoms with Crippen molar-refractivity contribution >= 4 is 5.69 Å². The minimum Gasteiger partial charge on any atom is -0.399 e. The second-order valence-corrected chi connectivity index (χ2v) is 4.27. The molecule has 0 bridgehead atoms. The highest BCUT2D eigenvalue weighted by Crippen LogP contribution is 2.28. The summed E-state index contributed by atoms with van der Waals surface area (Å²) in [4.78, 5) is 8.92. The number of aromatic nitrogens is 2. The van der Waals surface area contributed by atoms with E-state index < -0.39 is 0 Å². The van der Waals surface area contributed by atoms with Crippen LogP contribution in [0.1, 0.15) is 11.6 Å². The van der Waals surface area contributed by atoms with Crippen LogP contribution in [0.3, 0.4) is 0 Å². The number of benzene rings is 1. The van der Waals surface area contributed by atoms with Crippen LogP contribution in [-0.2, 0) is 0 Å². The van der Waals surface area contributed by atoms with Gasteiger partial charge in [-0.15, -0.1) is 0 Å². The molecule has 4 heteroatoms. The lowest BCUT2D eigenvalue weighted by Gasteiger charge is -2.27. The van der Waals surface area contributed by atoms with Gasteiger partial charge in [0.05, 0.1) is 11.4 Å². The van der Waals surface area contributed by atoms with Gasteiger partial charge >= 0.3 is 0 Å². The van der Waals surface area contributed by atoms with E-state index in [0.29, 0.717) is 5.92 Å². The number of nitrogens with two attached hydrogens (primary N) is 1. The van der Waals surface area contributed by atoms with E-state index in [1.807, 2.05) is 24.3 Å². The Morgan fingerprint density at radius 3 is 2.41 bits per heavy atom. The van der Waals surface area contributed by atoms with Crippen molar-refractivity contribution in [3.05, 3.63) is 42.4 Å². The van der Waals surface area contributed by atoms with Gasteiger partial charge in [0.1, 0.15) is 0 Å². The normalized spacial score (nSPS) is 15.5. The number of anilines is 1. The van der Waals surface area contributed by atoms with E-state index in [-0.39, 0.29) is 0 Å². The van der Waals surface area contributed by atoms with Crippen LogP contribution in [0.4, 0.5) is 5.69 Å². The Morgan fingerprint density at radius 1 is 1.06 bits per heavy atom. The molecule has 1 aliphatic heterocycles. The van der Waals surface area contributed by atoms with Crippen molar-refractivity contribution in [3.8, 4) is 11.3 Å². The molecule has 2 aromatic rings. The Balaban J connectivity index is 2.04. The summed E-state index contributed by atoms with van der Waals surface area (Å²) in [6, 6.07) is 7.78. The van der Waals surface area contributed by atoms with E-state index in [1.165, 1.54) is 0 Å². The molecule has 1 fully saturated rings. The molecule has 1 aromatic carbocycles. The third kappa shape index (κ3) is 1.87. The lowest BCUT2D eigenvalue weighted by molar-refractivity contribution is 0.439. The van der Waals surface area contributed by atoms with Crippen LogP contribution in [0.15, 0.2) is 36.7 Å².